The molecule has 4 aromatic rings. The van der Waals surface area contributed by atoms with Crippen LogP contribution in [0.5, 0.6) is 5.75 Å². The quantitative estimate of drug-likeness (QED) is 0.542. The molecular weight excluding hydrogens is 315 g/mol. The second-order valence-corrected chi connectivity index (χ2v) is 5.79. The lowest BCUT2D eigenvalue weighted by molar-refractivity contribution is 0.273. The topological polar surface area (TPSA) is 37.9 Å². The Kier molecular flexibility index (Phi) is 4.17. The number of halogens is 1. The van der Waals surface area contributed by atoms with Crippen molar-refractivity contribution in [2.24, 2.45) is 0 Å². The highest BCUT2D eigenvalue weighted by Gasteiger charge is 2.04. The molecule has 0 unspecified atom stereocenters. The molecule has 4 heteroatoms. The molecule has 0 fully saturated rings. The smallest absolute Gasteiger partial charge is 0.123 e. The number of fused-ring (bicyclic) bond motifs is 1. The summed E-state index contributed by atoms with van der Waals surface area (Å²) in [6.07, 6.45) is 3.63. The molecule has 0 amide bonds. The number of benzene rings is 2. The summed E-state index contributed by atoms with van der Waals surface area (Å²) in [4.78, 5) is 7.53. The van der Waals surface area contributed by atoms with E-state index in [0.29, 0.717) is 5.75 Å². The second-order valence-electron chi connectivity index (χ2n) is 5.79. The molecule has 124 valence electrons. The summed E-state index contributed by atoms with van der Waals surface area (Å²) in [7, 11) is 0. The van der Waals surface area contributed by atoms with E-state index < -0.39 is 6.67 Å². The van der Waals surface area contributed by atoms with Crippen molar-refractivity contribution in [1.82, 2.24) is 9.97 Å². The van der Waals surface area contributed by atoms with Crippen molar-refractivity contribution in [1.29, 1.82) is 0 Å². The van der Waals surface area contributed by atoms with Crippen molar-refractivity contribution in [3.05, 3.63) is 73.1 Å². The van der Waals surface area contributed by atoms with Crippen molar-refractivity contribution >= 4 is 10.9 Å². The monoisotopic (exact) mass is 332 g/mol. The van der Waals surface area contributed by atoms with Gasteiger partial charge in [0.2, 0.25) is 0 Å². The molecule has 0 saturated heterocycles. The van der Waals surface area contributed by atoms with E-state index in [9.17, 15) is 4.39 Å². The van der Waals surface area contributed by atoms with Gasteiger partial charge >= 0.3 is 0 Å². The molecule has 25 heavy (non-hydrogen) atoms. The van der Waals surface area contributed by atoms with E-state index in [0.717, 1.165) is 33.3 Å². The summed E-state index contributed by atoms with van der Waals surface area (Å²) in [6.45, 7) is -0.388. The number of hydrogen-bond acceptors (Lipinski definition) is 2. The molecule has 2 aromatic heterocycles. The summed E-state index contributed by atoms with van der Waals surface area (Å²) in [5.74, 6) is 0.685. The third kappa shape index (κ3) is 3.24. The Labute approximate surface area is 145 Å². The summed E-state index contributed by atoms with van der Waals surface area (Å²) in [6, 6.07) is 20.2. The van der Waals surface area contributed by atoms with Gasteiger partial charge in [-0.1, -0.05) is 36.4 Å². The lowest BCUT2D eigenvalue weighted by atomic mass is 10.0. The predicted octanol–water partition coefficient (Wildman–Crippen LogP) is 5.25. The van der Waals surface area contributed by atoms with Crippen LogP contribution < -0.4 is 4.74 Å². The third-order valence-electron chi connectivity index (χ3n) is 4.15. The molecule has 0 aliphatic rings. The highest BCUT2D eigenvalue weighted by Crippen LogP contribution is 2.27. The third-order valence-corrected chi connectivity index (χ3v) is 4.15. The van der Waals surface area contributed by atoms with Gasteiger partial charge in [0.1, 0.15) is 19.0 Å². The number of rotatable bonds is 5. The van der Waals surface area contributed by atoms with Gasteiger partial charge in [-0.3, -0.25) is 4.98 Å². The molecular formula is C21H17FN2O. The molecule has 0 saturated carbocycles. The van der Waals surface area contributed by atoms with E-state index in [1.54, 1.807) is 6.20 Å². The van der Waals surface area contributed by atoms with Crippen molar-refractivity contribution < 1.29 is 9.13 Å². The first-order valence-electron chi connectivity index (χ1n) is 8.16. The number of hydrogen-bond donors (Lipinski definition) is 1. The van der Waals surface area contributed by atoms with E-state index in [-0.39, 0.29) is 6.61 Å². The minimum absolute atomic E-state index is 0.0913. The lowest BCUT2D eigenvalue weighted by Crippen LogP contribution is -1.98. The number of H-pyrrole nitrogens is 1. The van der Waals surface area contributed by atoms with Gasteiger partial charge in [0.05, 0.1) is 11.7 Å². The zero-order valence-corrected chi connectivity index (χ0v) is 13.6. The second kappa shape index (κ2) is 6.77. The van der Waals surface area contributed by atoms with Gasteiger partial charge in [0.15, 0.2) is 0 Å². The van der Waals surface area contributed by atoms with Crippen LogP contribution in [0.15, 0.2) is 73.1 Å². The Bertz CT molecular complexity index is 942. The van der Waals surface area contributed by atoms with Crippen LogP contribution in [0.3, 0.4) is 0 Å². The molecule has 4 rings (SSSR count). The molecule has 0 aliphatic heterocycles. The molecule has 0 spiro atoms. The molecule has 1 N–H and O–H groups in total. The number of nitrogens with one attached hydrogen (secondary N) is 1. The van der Waals surface area contributed by atoms with Crippen molar-refractivity contribution in [3.63, 3.8) is 0 Å². The standard InChI is InChI=1S/C21H17FN2O/c22-10-12-25-19-7-5-16(6-8-19)15-1-3-17(4-2-15)20-13-18-9-11-23-14-21(18)24-20/h1-9,11,13-14,24H,10,12H2. The zero-order valence-electron chi connectivity index (χ0n) is 13.6. The highest BCUT2D eigenvalue weighted by atomic mass is 19.1. The lowest BCUT2D eigenvalue weighted by Gasteiger charge is -2.06. The van der Waals surface area contributed by atoms with Crippen LogP contribution in [0, 0.1) is 0 Å². The molecule has 0 radical (unpaired) electrons. The Morgan fingerprint density at radius 2 is 1.56 bits per heavy atom. The number of nitrogens with zero attached hydrogens (tertiary/aromatic N) is 1. The maximum Gasteiger partial charge on any atom is 0.123 e. The first-order valence-corrected chi connectivity index (χ1v) is 8.16. The fourth-order valence-electron chi connectivity index (χ4n) is 2.87. The molecule has 0 bridgehead atoms. The summed E-state index contributed by atoms with van der Waals surface area (Å²) in [5, 5.41) is 1.15. The van der Waals surface area contributed by atoms with E-state index >= 15 is 0 Å². The van der Waals surface area contributed by atoms with Crippen LogP contribution >= 0.6 is 0 Å². The Morgan fingerprint density at radius 3 is 2.24 bits per heavy atom. The summed E-state index contributed by atoms with van der Waals surface area (Å²) in [5.41, 5.74) is 5.45. The minimum Gasteiger partial charge on any atom is -0.491 e. The van der Waals surface area contributed by atoms with Crippen LogP contribution in [-0.4, -0.2) is 23.2 Å². The van der Waals surface area contributed by atoms with Gasteiger partial charge in [-0.25, -0.2) is 4.39 Å². The summed E-state index contributed by atoms with van der Waals surface area (Å²) < 4.78 is 17.4. The Morgan fingerprint density at radius 1 is 0.880 bits per heavy atom. The SMILES string of the molecule is FCCOc1ccc(-c2ccc(-c3cc4ccncc4[nH]3)cc2)cc1. The summed E-state index contributed by atoms with van der Waals surface area (Å²) >= 11 is 0. The number of aromatic nitrogens is 2. The van der Waals surface area contributed by atoms with Crippen LogP contribution in [-0.2, 0) is 0 Å². The first kappa shape index (κ1) is 15.4. The van der Waals surface area contributed by atoms with E-state index in [1.807, 2.05) is 36.5 Å². The first-order chi connectivity index (χ1) is 12.3. The zero-order chi connectivity index (χ0) is 17.1. The average molecular weight is 332 g/mol. The largest absolute Gasteiger partial charge is 0.491 e. The van der Waals surface area contributed by atoms with Gasteiger partial charge in [-0.2, -0.15) is 0 Å². The number of alkyl halides is 1. The molecule has 0 aliphatic carbocycles. The van der Waals surface area contributed by atoms with E-state index in [4.69, 9.17) is 4.74 Å². The van der Waals surface area contributed by atoms with Gasteiger partial charge in [0, 0.05) is 17.3 Å². The molecule has 3 nitrogen and oxygen atoms in total. The van der Waals surface area contributed by atoms with Crippen LogP contribution in [0.4, 0.5) is 4.39 Å². The van der Waals surface area contributed by atoms with E-state index in [2.05, 4.69) is 40.3 Å². The molecule has 0 atom stereocenters. The maximum absolute atomic E-state index is 12.1. The number of pyridine rings is 1. The van der Waals surface area contributed by atoms with Crippen LogP contribution in [0.25, 0.3) is 33.3 Å². The van der Waals surface area contributed by atoms with E-state index in [1.165, 1.54) is 0 Å². The fourth-order valence-corrected chi connectivity index (χ4v) is 2.87. The fraction of sp³-hybridized carbons (Fsp3) is 0.0952. The molecule has 2 heterocycles. The van der Waals surface area contributed by atoms with Gasteiger partial charge in [-0.15, -0.1) is 0 Å². The van der Waals surface area contributed by atoms with Crippen LogP contribution in [0.2, 0.25) is 0 Å². The van der Waals surface area contributed by atoms with Crippen LogP contribution in [0.1, 0.15) is 0 Å². The minimum atomic E-state index is -0.479. The predicted molar refractivity (Wildman–Crippen MR) is 98.4 cm³/mol. The van der Waals surface area contributed by atoms with Gasteiger partial charge in [0.25, 0.3) is 0 Å². The average Bonchev–Trinajstić information content (AvgIpc) is 3.11. The molecule has 2 aromatic carbocycles. The Balaban J connectivity index is 1.57. The van der Waals surface area contributed by atoms with Crippen molar-refractivity contribution in [3.8, 4) is 28.1 Å². The van der Waals surface area contributed by atoms with Gasteiger partial charge < -0.3 is 9.72 Å². The maximum atomic E-state index is 12.1. The number of aromatic amines is 1. The Hall–Kier alpha value is -3.14. The normalized spacial score (nSPS) is 10.9. The van der Waals surface area contributed by atoms with Crippen molar-refractivity contribution in [2.75, 3.05) is 13.3 Å². The number of ether oxygens (including phenoxy) is 1. The van der Waals surface area contributed by atoms with Crippen molar-refractivity contribution in [2.45, 2.75) is 0 Å². The van der Waals surface area contributed by atoms with Gasteiger partial charge in [-0.05, 0) is 41.0 Å². The highest BCUT2D eigenvalue weighted by molar-refractivity contribution is 5.85.